The Labute approximate surface area is 101 Å². The van der Waals surface area contributed by atoms with E-state index in [2.05, 4.69) is 4.90 Å². The average Bonchev–Trinajstić information content (AvgIpc) is 2.38. The number of benzene rings is 1. The number of nitrogens with zero attached hydrogens (tertiary/aromatic N) is 1. The SMILES string of the molecule is COC(=O)c1cc(C)ccc1N1CCOCC1. The molecule has 4 heteroatoms. The fourth-order valence-corrected chi connectivity index (χ4v) is 2.00. The molecule has 0 saturated carbocycles. The maximum Gasteiger partial charge on any atom is 0.339 e. The summed E-state index contributed by atoms with van der Waals surface area (Å²) in [6.45, 7) is 5.00. The molecule has 0 spiro atoms. The summed E-state index contributed by atoms with van der Waals surface area (Å²) >= 11 is 0. The Bertz CT molecular complexity index is 411. The maximum absolute atomic E-state index is 11.7. The van der Waals surface area contributed by atoms with Gasteiger partial charge in [-0.3, -0.25) is 0 Å². The minimum atomic E-state index is -0.282. The number of rotatable bonds is 2. The highest BCUT2D eigenvalue weighted by atomic mass is 16.5. The Morgan fingerprint density at radius 3 is 2.71 bits per heavy atom. The minimum Gasteiger partial charge on any atom is -0.465 e. The molecular weight excluding hydrogens is 218 g/mol. The molecule has 4 nitrogen and oxygen atoms in total. The van der Waals surface area contributed by atoms with Gasteiger partial charge in [0.25, 0.3) is 0 Å². The Balaban J connectivity index is 2.34. The van der Waals surface area contributed by atoms with E-state index in [4.69, 9.17) is 9.47 Å². The fourth-order valence-electron chi connectivity index (χ4n) is 2.00. The number of carbonyl (C=O) groups excluding carboxylic acids is 1. The quantitative estimate of drug-likeness (QED) is 0.730. The van der Waals surface area contributed by atoms with E-state index in [9.17, 15) is 4.79 Å². The lowest BCUT2D eigenvalue weighted by Crippen LogP contribution is -2.37. The molecule has 2 rings (SSSR count). The summed E-state index contributed by atoms with van der Waals surface area (Å²) in [6, 6.07) is 5.86. The lowest BCUT2D eigenvalue weighted by Gasteiger charge is -2.30. The first-order chi connectivity index (χ1) is 8.22. The van der Waals surface area contributed by atoms with Crippen LogP contribution in [0.5, 0.6) is 0 Å². The Kier molecular flexibility index (Phi) is 3.64. The Morgan fingerprint density at radius 1 is 1.35 bits per heavy atom. The van der Waals surface area contributed by atoms with E-state index in [-0.39, 0.29) is 5.97 Å². The van der Waals surface area contributed by atoms with Gasteiger partial charge in [0.2, 0.25) is 0 Å². The van der Waals surface area contributed by atoms with E-state index >= 15 is 0 Å². The van der Waals surface area contributed by atoms with Crippen molar-refractivity contribution in [1.82, 2.24) is 0 Å². The van der Waals surface area contributed by atoms with Crippen molar-refractivity contribution in [3.8, 4) is 0 Å². The molecule has 0 aliphatic carbocycles. The second-order valence-electron chi connectivity index (χ2n) is 4.11. The summed E-state index contributed by atoms with van der Waals surface area (Å²) in [5, 5.41) is 0. The van der Waals surface area contributed by atoms with Gasteiger partial charge in [-0.2, -0.15) is 0 Å². The third kappa shape index (κ3) is 2.58. The minimum absolute atomic E-state index is 0.282. The van der Waals surface area contributed by atoms with Crippen LogP contribution in [0.15, 0.2) is 18.2 Å². The van der Waals surface area contributed by atoms with Crippen molar-refractivity contribution < 1.29 is 14.3 Å². The number of carbonyl (C=O) groups is 1. The van der Waals surface area contributed by atoms with Gasteiger partial charge in [0, 0.05) is 13.1 Å². The molecule has 1 aliphatic heterocycles. The number of ether oxygens (including phenoxy) is 2. The Hall–Kier alpha value is -1.55. The van der Waals surface area contributed by atoms with E-state index in [1.807, 2.05) is 25.1 Å². The predicted octanol–water partition coefficient (Wildman–Crippen LogP) is 1.62. The molecule has 0 N–H and O–H groups in total. The first-order valence-corrected chi connectivity index (χ1v) is 5.74. The standard InChI is InChI=1S/C13H17NO3/c1-10-3-4-12(11(9-10)13(15)16-2)14-5-7-17-8-6-14/h3-4,9H,5-8H2,1-2H3. The van der Waals surface area contributed by atoms with Crippen LogP contribution >= 0.6 is 0 Å². The van der Waals surface area contributed by atoms with Gasteiger partial charge in [-0.25, -0.2) is 4.79 Å². The molecule has 1 saturated heterocycles. The van der Waals surface area contributed by atoms with Crippen LogP contribution in [-0.4, -0.2) is 39.4 Å². The first kappa shape index (κ1) is 11.9. The van der Waals surface area contributed by atoms with Crippen molar-refractivity contribution in [1.29, 1.82) is 0 Å². The summed E-state index contributed by atoms with van der Waals surface area (Å²) in [6.07, 6.45) is 0. The summed E-state index contributed by atoms with van der Waals surface area (Å²) in [5.74, 6) is -0.282. The highest BCUT2D eigenvalue weighted by Gasteiger charge is 2.19. The third-order valence-corrected chi connectivity index (χ3v) is 2.91. The lowest BCUT2D eigenvalue weighted by atomic mass is 10.1. The number of anilines is 1. The first-order valence-electron chi connectivity index (χ1n) is 5.74. The van der Waals surface area contributed by atoms with Crippen molar-refractivity contribution >= 4 is 11.7 Å². The van der Waals surface area contributed by atoms with E-state index in [1.165, 1.54) is 7.11 Å². The highest BCUT2D eigenvalue weighted by molar-refractivity contribution is 5.96. The van der Waals surface area contributed by atoms with Crippen LogP contribution in [0.1, 0.15) is 15.9 Å². The number of hydrogen-bond donors (Lipinski definition) is 0. The average molecular weight is 235 g/mol. The van der Waals surface area contributed by atoms with E-state index in [0.29, 0.717) is 18.8 Å². The van der Waals surface area contributed by atoms with Gasteiger partial charge in [0.1, 0.15) is 0 Å². The number of morpholine rings is 1. The van der Waals surface area contributed by atoms with E-state index in [1.54, 1.807) is 0 Å². The van der Waals surface area contributed by atoms with Crippen molar-refractivity contribution in [2.45, 2.75) is 6.92 Å². The van der Waals surface area contributed by atoms with Gasteiger partial charge in [0.15, 0.2) is 0 Å². The molecule has 0 aromatic heterocycles. The molecule has 17 heavy (non-hydrogen) atoms. The fraction of sp³-hybridized carbons (Fsp3) is 0.462. The van der Waals surface area contributed by atoms with E-state index < -0.39 is 0 Å². The number of hydrogen-bond acceptors (Lipinski definition) is 4. The molecule has 0 atom stereocenters. The van der Waals surface area contributed by atoms with Crippen LogP contribution in [-0.2, 0) is 9.47 Å². The summed E-state index contributed by atoms with van der Waals surface area (Å²) < 4.78 is 10.1. The van der Waals surface area contributed by atoms with Crippen LogP contribution in [0.3, 0.4) is 0 Å². The van der Waals surface area contributed by atoms with Crippen LogP contribution in [0.4, 0.5) is 5.69 Å². The molecule has 1 aromatic rings. The summed E-state index contributed by atoms with van der Waals surface area (Å²) in [5.41, 5.74) is 2.63. The molecule has 0 radical (unpaired) electrons. The molecule has 0 amide bonds. The molecule has 1 aliphatic rings. The topological polar surface area (TPSA) is 38.8 Å². The third-order valence-electron chi connectivity index (χ3n) is 2.91. The Morgan fingerprint density at radius 2 is 2.06 bits per heavy atom. The lowest BCUT2D eigenvalue weighted by molar-refractivity contribution is 0.0600. The van der Waals surface area contributed by atoms with Crippen LogP contribution in [0, 0.1) is 6.92 Å². The maximum atomic E-state index is 11.7. The predicted molar refractivity (Wildman–Crippen MR) is 65.6 cm³/mol. The van der Waals surface area contributed by atoms with Gasteiger partial charge in [-0.15, -0.1) is 0 Å². The van der Waals surface area contributed by atoms with E-state index in [0.717, 1.165) is 24.3 Å². The number of methoxy groups -OCH3 is 1. The zero-order chi connectivity index (χ0) is 12.3. The van der Waals surface area contributed by atoms with Crippen LogP contribution in [0.25, 0.3) is 0 Å². The molecule has 0 unspecified atom stereocenters. The highest BCUT2D eigenvalue weighted by Crippen LogP contribution is 2.23. The van der Waals surface area contributed by atoms with Crippen LogP contribution < -0.4 is 4.90 Å². The number of aryl methyl sites for hydroxylation is 1. The molecular formula is C13H17NO3. The summed E-state index contributed by atoms with van der Waals surface area (Å²) in [7, 11) is 1.41. The van der Waals surface area contributed by atoms with Crippen molar-refractivity contribution in [3.63, 3.8) is 0 Å². The molecule has 1 heterocycles. The van der Waals surface area contributed by atoms with Crippen molar-refractivity contribution in [3.05, 3.63) is 29.3 Å². The normalized spacial score (nSPS) is 15.8. The molecule has 92 valence electrons. The van der Waals surface area contributed by atoms with Gasteiger partial charge >= 0.3 is 5.97 Å². The van der Waals surface area contributed by atoms with Gasteiger partial charge in [-0.05, 0) is 19.1 Å². The second-order valence-corrected chi connectivity index (χ2v) is 4.11. The van der Waals surface area contributed by atoms with Gasteiger partial charge < -0.3 is 14.4 Å². The molecule has 1 aromatic carbocycles. The smallest absolute Gasteiger partial charge is 0.339 e. The summed E-state index contributed by atoms with van der Waals surface area (Å²) in [4.78, 5) is 13.9. The monoisotopic (exact) mass is 235 g/mol. The molecule has 1 fully saturated rings. The molecule has 0 bridgehead atoms. The largest absolute Gasteiger partial charge is 0.465 e. The van der Waals surface area contributed by atoms with Crippen molar-refractivity contribution in [2.75, 3.05) is 38.3 Å². The number of esters is 1. The van der Waals surface area contributed by atoms with Crippen molar-refractivity contribution in [2.24, 2.45) is 0 Å². The van der Waals surface area contributed by atoms with Crippen LogP contribution in [0.2, 0.25) is 0 Å². The second kappa shape index (κ2) is 5.19. The van der Waals surface area contributed by atoms with Gasteiger partial charge in [-0.1, -0.05) is 11.6 Å². The zero-order valence-corrected chi connectivity index (χ0v) is 10.2. The zero-order valence-electron chi connectivity index (χ0n) is 10.2. The van der Waals surface area contributed by atoms with Gasteiger partial charge in [0.05, 0.1) is 31.6 Å².